The third-order valence-corrected chi connectivity index (χ3v) is 13.3. The summed E-state index contributed by atoms with van der Waals surface area (Å²) in [4.78, 5) is 9.28. The highest BCUT2D eigenvalue weighted by molar-refractivity contribution is 6.74. The number of rotatable bonds is 14. The van der Waals surface area contributed by atoms with Gasteiger partial charge in [0.2, 0.25) is 14.2 Å². The van der Waals surface area contributed by atoms with Crippen molar-refractivity contribution < 1.29 is 23.4 Å². The van der Waals surface area contributed by atoms with Crippen LogP contribution in [0, 0.1) is 0 Å². The summed E-state index contributed by atoms with van der Waals surface area (Å²) >= 11 is 0. The molecule has 10 heteroatoms. The number of nitrogens with zero attached hydrogens (tertiary/aromatic N) is 4. The topological polar surface area (TPSA) is 89.8 Å². The summed E-state index contributed by atoms with van der Waals surface area (Å²) in [6, 6.07) is 16.4. The first-order valence-corrected chi connectivity index (χ1v) is 19.5. The number of hydrogen-bond acceptors (Lipinski definition) is 8. The van der Waals surface area contributed by atoms with Crippen LogP contribution in [0.15, 0.2) is 60.9 Å². The van der Waals surface area contributed by atoms with E-state index in [0.29, 0.717) is 31.4 Å². The first-order chi connectivity index (χ1) is 22.0. The molecule has 3 heterocycles. The van der Waals surface area contributed by atoms with E-state index in [1.165, 1.54) is 5.56 Å². The molecular weight excluding hydrogens is 597 g/mol. The van der Waals surface area contributed by atoms with Gasteiger partial charge in [-0.25, -0.2) is 9.67 Å². The maximum atomic E-state index is 6.68. The Labute approximate surface area is 274 Å². The molecule has 9 nitrogen and oxygen atoms in total. The lowest BCUT2D eigenvalue weighted by molar-refractivity contribution is -0.0365. The quantitative estimate of drug-likeness (QED) is 0.126. The first kappa shape index (κ1) is 34.0. The van der Waals surface area contributed by atoms with E-state index in [1.807, 2.05) is 29.8 Å². The second-order valence-corrected chi connectivity index (χ2v) is 18.5. The molecule has 3 atom stereocenters. The summed E-state index contributed by atoms with van der Waals surface area (Å²) in [5.74, 6) is 1.27. The molecule has 1 aliphatic heterocycles. The average molecular weight is 647 g/mol. The highest BCUT2D eigenvalue weighted by Crippen LogP contribution is 2.39. The average Bonchev–Trinajstić information content (AvgIpc) is 3.42. The van der Waals surface area contributed by atoms with E-state index in [4.69, 9.17) is 33.5 Å². The molecule has 1 aliphatic rings. The first-order valence-electron chi connectivity index (χ1n) is 16.6. The van der Waals surface area contributed by atoms with E-state index >= 15 is 0 Å². The van der Waals surface area contributed by atoms with Crippen molar-refractivity contribution in [1.29, 1.82) is 0 Å². The third kappa shape index (κ3) is 8.73. The summed E-state index contributed by atoms with van der Waals surface area (Å²) in [6.45, 7) is 17.6. The summed E-state index contributed by atoms with van der Waals surface area (Å²) in [7, 11) is -2.04. The van der Waals surface area contributed by atoms with E-state index in [9.17, 15) is 0 Å². The van der Waals surface area contributed by atoms with Gasteiger partial charge in [-0.05, 0) is 81.4 Å². The molecule has 2 aromatic heterocycles. The second kappa shape index (κ2) is 15.1. The van der Waals surface area contributed by atoms with Crippen LogP contribution in [0.5, 0.6) is 11.6 Å². The van der Waals surface area contributed by atoms with Gasteiger partial charge in [-0.15, -0.1) is 0 Å². The molecule has 0 N–H and O–H groups in total. The van der Waals surface area contributed by atoms with E-state index < -0.39 is 8.32 Å². The summed E-state index contributed by atoms with van der Waals surface area (Å²) in [5.41, 5.74) is 3.53. The number of hydrogen-bond donors (Lipinski definition) is 0. The van der Waals surface area contributed by atoms with Crippen molar-refractivity contribution >= 4 is 19.2 Å². The fourth-order valence-electron chi connectivity index (χ4n) is 5.07. The Bertz CT molecular complexity index is 1550. The Hall–Kier alpha value is -3.31. The molecule has 2 aromatic carbocycles. The van der Waals surface area contributed by atoms with E-state index in [2.05, 4.69) is 76.1 Å². The van der Waals surface area contributed by atoms with E-state index in [1.54, 1.807) is 12.4 Å². The van der Waals surface area contributed by atoms with Crippen LogP contribution in [0.1, 0.15) is 72.1 Å². The summed E-state index contributed by atoms with van der Waals surface area (Å²) in [5, 5.41) is 6.09. The minimum atomic E-state index is -2.04. The predicted octanol–water partition coefficient (Wildman–Crippen LogP) is 8.36. The maximum Gasteiger partial charge on any atom is 0.250 e. The Morgan fingerprint density at radius 3 is 2.54 bits per heavy atom. The molecule has 0 aliphatic carbocycles. The molecule has 0 spiro atoms. The number of benzene rings is 2. The van der Waals surface area contributed by atoms with E-state index in [-0.39, 0.29) is 23.5 Å². The Kier molecular flexibility index (Phi) is 11.1. The van der Waals surface area contributed by atoms with Crippen molar-refractivity contribution in [1.82, 2.24) is 19.7 Å². The lowest BCUT2D eigenvalue weighted by Gasteiger charge is -2.36. The predicted molar refractivity (Wildman–Crippen MR) is 184 cm³/mol. The van der Waals surface area contributed by atoms with Crippen LogP contribution in [0.4, 0.5) is 0 Å². The molecule has 5 rings (SSSR count). The van der Waals surface area contributed by atoms with Gasteiger partial charge in [0.1, 0.15) is 23.7 Å². The van der Waals surface area contributed by atoms with Gasteiger partial charge < -0.3 is 23.4 Å². The molecule has 1 saturated heterocycles. The molecule has 4 aromatic rings. The smallest absolute Gasteiger partial charge is 0.250 e. The maximum absolute atomic E-state index is 6.68. The number of ether oxygens (including phenoxy) is 4. The normalized spacial score (nSPS) is 17.2. The fourth-order valence-corrected chi connectivity index (χ4v) is 6.09. The van der Waals surface area contributed by atoms with Crippen molar-refractivity contribution in [2.45, 2.75) is 103 Å². The van der Waals surface area contributed by atoms with Gasteiger partial charge in [-0.3, -0.25) is 4.98 Å². The summed E-state index contributed by atoms with van der Waals surface area (Å²) < 4.78 is 32.8. The highest BCUT2D eigenvalue weighted by Gasteiger charge is 2.39. The van der Waals surface area contributed by atoms with Gasteiger partial charge >= 0.3 is 0 Å². The number of aromatic nitrogens is 4. The molecule has 0 saturated carbocycles. The van der Waals surface area contributed by atoms with Crippen LogP contribution in [0.2, 0.25) is 18.1 Å². The van der Waals surface area contributed by atoms with Crippen molar-refractivity contribution in [3.8, 4) is 23.0 Å². The standard InChI is InChI=1S/C36H50N4O5Si/c1-26(43-25-28-13-9-8-10-14-28)18-20-41-27(2)24-44-33-23-37-22-31(38-33)35-30-21-29(45-46(6,7)36(3,4)5)16-17-32(30)40(39-35)34-15-11-12-19-42-34/h8-10,13-14,16-17,21-23,26-27,34H,11-12,15,18-20,24-25H2,1-7H3/t26-,27+,34?/m1/s1. The zero-order chi connectivity index (χ0) is 32.7. The van der Waals surface area contributed by atoms with Crippen LogP contribution < -0.4 is 9.16 Å². The zero-order valence-electron chi connectivity index (χ0n) is 28.5. The van der Waals surface area contributed by atoms with Gasteiger partial charge in [-0.1, -0.05) is 51.1 Å². The van der Waals surface area contributed by atoms with Crippen LogP contribution in [-0.2, 0) is 20.8 Å². The van der Waals surface area contributed by atoms with Crippen molar-refractivity contribution in [2.24, 2.45) is 0 Å². The van der Waals surface area contributed by atoms with E-state index in [0.717, 1.165) is 54.6 Å². The Balaban J connectivity index is 1.26. The van der Waals surface area contributed by atoms with Crippen LogP contribution >= 0.6 is 0 Å². The summed E-state index contributed by atoms with van der Waals surface area (Å²) in [6.07, 6.45) is 7.12. The van der Waals surface area contributed by atoms with Gasteiger partial charge in [0.25, 0.3) is 0 Å². The fraction of sp³-hybridized carbons (Fsp3) is 0.528. The monoisotopic (exact) mass is 646 g/mol. The SMILES string of the molecule is C[C@H](CCO[C@@H](C)COc1cncc(-c2nn(C3CCCCO3)c3ccc(O[Si](C)(C)C(C)(C)C)cc23)n1)OCc1ccccc1. The van der Waals surface area contributed by atoms with Crippen LogP contribution in [0.25, 0.3) is 22.3 Å². The molecule has 1 unspecified atom stereocenters. The van der Waals surface area contributed by atoms with Gasteiger partial charge in [0.15, 0.2) is 6.23 Å². The second-order valence-electron chi connectivity index (χ2n) is 13.8. The Morgan fingerprint density at radius 2 is 1.80 bits per heavy atom. The minimum absolute atomic E-state index is 0.0806. The molecule has 46 heavy (non-hydrogen) atoms. The molecule has 0 bridgehead atoms. The minimum Gasteiger partial charge on any atom is -0.543 e. The molecule has 0 amide bonds. The Morgan fingerprint density at radius 1 is 1.00 bits per heavy atom. The van der Waals surface area contributed by atoms with Crippen molar-refractivity contribution in [2.75, 3.05) is 19.8 Å². The molecule has 1 fully saturated rings. The molecule has 0 radical (unpaired) electrons. The van der Waals surface area contributed by atoms with Crippen molar-refractivity contribution in [3.63, 3.8) is 0 Å². The largest absolute Gasteiger partial charge is 0.543 e. The lowest BCUT2D eigenvalue weighted by Crippen LogP contribution is -2.43. The number of fused-ring (bicyclic) bond motifs is 1. The molecule has 248 valence electrons. The highest BCUT2D eigenvalue weighted by atomic mass is 28.4. The van der Waals surface area contributed by atoms with Gasteiger partial charge in [0, 0.05) is 18.6 Å². The van der Waals surface area contributed by atoms with Crippen LogP contribution in [0.3, 0.4) is 0 Å². The van der Waals surface area contributed by atoms with Crippen molar-refractivity contribution in [3.05, 3.63) is 66.5 Å². The van der Waals surface area contributed by atoms with Gasteiger partial charge in [-0.2, -0.15) is 5.10 Å². The third-order valence-electron chi connectivity index (χ3n) is 8.91. The van der Waals surface area contributed by atoms with Gasteiger partial charge in [0.05, 0.1) is 36.7 Å². The molecular formula is C36H50N4O5Si. The van der Waals surface area contributed by atoms with Crippen LogP contribution in [-0.4, -0.2) is 60.1 Å². The lowest BCUT2D eigenvalue weighted by atomic mass is 10.1. The zero-order valence-corrected chi connectivity index (χ0v) is 29.5.